The van der Waals surface area contributed by atoms with Crippen LogP contribution < -0.4 is 0 Å². The maximum absolute atomic E-state index is 13.4. The predicted octanol–water partition coefficient (Wildman–Crippen LogP) is 3.25. The van der Waals surface area contributed by atoms with Crippen LogP contribution in [0.2, 0.25) is 0 Å². The number of aromatic nitrogens is 2. The van der Waals surface area contributed by atoms with Gasteiger partial charge in [-0.25, -0.2) is 0 Å². The quantitative estimate of drug-likeness (QED) is 0.586. The SMILES string of the molecule is O=C(c1nn(CCCc2ccccc2)c2c1CN(Cc1ccc(O)cc1)CC2)N1CCOCC1. The number of amides is 1. The summed E-state index contributed by atoms with van der Waals surface area (Å²) in [7, 11) is 0. The zero-order chi connectivity index (χ0) is 23.3. The summed E-state index contributed by atoms with van der Waals surface area (Å²) in [6.45, 7) is 5.62. The largest absolute Gasteiger partial charge is 0.508 e. The topological polar surface area (TPSA) is 70.8 Å². The normalized spacial score (nSPS) is 16.4. The lowest BCUT2D eigenvalue weighted by Gasteiger charge is -2.29. The Morgan fingerprint density at radius 1 is 0.971 bits per heavy atom. The van der Waals surface area contributed by atoms with E-state index in [0.29, 0.717) is 38.5 Å². The highest BCUT2D eigenvalue weighted by atomic mass is 16.5. The molecule has 1 fully saturated rings. The molecule has 0 spiro atoms. The number of carbonyl (C=O) groups is 1. The number of aromatic hydroxyl groups is 1. The van der Waals surface area contributed by atoms with E-state index in [1.165, 1.54) is 11.3 Å². The van der Waals surface area contributed by atoms with E-state index in [1.54, 1.807) is 12.1 Å². The summed E-state index contributed by atoms with van der Waals surface area (Å²) >= 11 is 0. The van der Waals surface area contributed by atoms with Crippen molar-refractivity contribution >= 4 is 5.91 Å². The second kappa shape index (κ2) is 10.4. The highest BCUT2D eigenvalue weighted by Crippen LogP contribution is 2.26. The molecule has 34 heavy (non-hydrogen) atoms. The Labute approximate surface area is 200 Å². The zero-order valence-corrected chi connectivity index (χ0v) is 19.5. The molecule has 5 rings (SSSR count). The highest BCUT2D eigenvalue weighted by molar-refractivity contribution is 5.94. The number of hydrogen-bond acceptors (Lipinski definition) is 5. The summed E-state index contributed by atoms with van der Waals surface area (Å²) in [5.41, 5.74) is 5.35. The summed E-state index contributed by atoms with van der Waals surface area (Å²) in [4.78, 5) is 17.7. The van der Waals surface area contributed by atoms with Crippen LogP contribution in [-0.4, -0.2) is 63.4 Å². The maximum Gasteiger partial charge on any atom is 0.274 e. The van der Waals surface area contributed by atoms with Gasteiger partial charge in [-0.05, 0) is 36.1 Å². The van der Waals surface area contributed by atoms with E-state index in [0.717, 1.165) is 50.0 Å². The highest BCUT2D eigenvalue weighted by Gasteiger charge is 2.31. The third-order valence-electron chi connectivity index (χ3n) is 6.73. The van der Waals surface area contributed by atoms with Crippen molar-refractivity contribution in [1.29, 1.82) is 0 Å². The fraction of sp³-hybridized carbons (Fsp3) is 0.407. The Kier molecular flexibility index (Phi) is 6.92. The lowest BCUT2D eigenvalue weighted by Crippen LogP contribution is -2.41. The summed E-state index contributed by atoms with van der Waals surface area (Å²) in [5.74, 6) is 0.299. The Bertz CT molecular complexity index is 1100. The molecule has 3 aromatic rings. The van der Waals surface area contributed by atoms with Crippen LogP contribution in [0.15, 0.2) is 54.6 Å². The smallest absolute Gasteiger partial charge is 0.274 e. The number of benzene rings is 2. The van der Waals surface area contributed by atoms with Gasteiger partial charge in [0.25, 0.3) is 5.91 Å². The summed E-state index contributed by atoms with van der Waals surface area (Å²) in [5, 5.41) is 14.5. The van der Waals surface area contributed by atoms with Crippen LogP contribution >= 0.6 is 0 Å². The van der Waals surface area contributed by atoms with Crippen molar-refractivity contribution in [2.24, 2.45) is 0 Å². The fourth-order valence-electron chi connectivity index (χ4n) is 4.89. The first-order valence-corrected chi connectivity index (χ1v) is 12.2. The number of rotatable bonds is 7. The molecule has 1 amide bonds. The van der Waals surface area contributed by atoms with Gasteiger partial charge < -0.3 is 14.7 Å². The van der Waals surface area contributed by atoms with E-state index >= 15 is 0 Å². The maximum atomic E-state index is 13.4. The molecule has 0 unspecified atom stereocenters. The third kappa shape index (κ3) is 5.16. The number of carbonyl (C=O) groups excluding carboxylic acids is 1. The molecule has 1 saturated heterocycles. The summed E-state index contributed by atoms with van der Waals surface area (Å²) < 4.78 is 7.53. The molecular formula is C27H32N4O3. The van der Waals surface area contributed by atoms with Gasteiger partial charge in [-0.1, -0.05) is 42.5 Å². The van der Waals surface area contributed by atoms with Gasteiger partial charge in [0.2, 0.25) is 0 Å². The molecule has 1 aromatic heterocycles. The van der Waals surface area contributed by atoms with Crippen molar-refractivity contribution < 1.29 is 14.6 Å². The van der Waals surface area contributed by atoms with Crippen molar-refractivity contribution in [3.63, 3.8) is 0 Å². The average molecular weight is 461 g/mol. The van der Waals surface area contributed by atoms with E-state index < -0.39 is 0 Å². The van der Waals surface area contributed by atoms with Crippen LogP contribution in [0.25, 0.3) is 0 Å². The van der Waals surface area contributed by atoms with Gasteiger partial charge in [0.1, 0.15) is 5.75 Å². The van der Waals surface area contributed by atoms with Crippen molar-refractivity contribution in [2.45, 2.75) is 38.9 Å². The minimum Gasteiger partial charge on any atom is -0.508 e. The molecule has 7 heteroatoms. The van der Waals surface area contributed by atoms with Gasteiger partial charge in [0, 0.05) is 56.9 Å². The number of phenolic OH excluding ortho intramolecular Hbond substituents is 1. The molecule has 0 atom stereocenters. The van der Waals surface area contributed by atoms with E-state index in [4.69, 9.17) is 9.84 Å². The number of phenols is 1. The minimum absolute atomic E-state index is 0.0212. The van der Waals surface area contributed by atoms with E-state index in [1.807, 2.05) is 23.1 Å². The van der Waals surface area contributed by atoms with E-state index in [2.05, 4.69) is 33.8 Å². The third-order valence-corrected chi connectivity index (χ3v) is 6.73. The van der Waals surface area contributed by atoms with Crippen molar-refractivity contribution in [3.05, 3.63) is 82.7 Å². The second-order valence-corrected chi connectivity index (χ2v) is 9.12. The van der Waals surface area contributed by atoms with Gasteiger partial charge in [-0.3, -0.25) is 14.4 Å². The minimum atomic E-state index is 0.0212. The number of hydrogen-bond donors (Lipinski definition) is 1. The monoisotopic (exact) mass is 460 g/mol. The van der Waals surface area contributed by atoms with Crippen LogP contribution in [-0.2, 0) is 37.2 Å². The molecule has 0 saturated carbocycles. The van der Waals surface area contributed by atoms with Crippen LogP contribution in [0.3, 0.4) is 0 Å². The molecule has 1 N–H and O–H groups in total. The van der Waals surface area contributed by atoms with Gasteiger partial charge in [0.05, 0.1) is 13.2 Å². The van der Waals surface area contributed by atoms with Crippen LogP contribution in [0.1, 0.15) is 39.3 Å². The molecule has 2 aromatic carbocycles. The fourth-order valence-corrected chi connectivity index (χ4v) is 4.89. The van der Waals surface area contributed by atoms with Gasteiger partial charge >= 0.3 is 0 Å². The van der Waals surface area contributed by atoms with Crippen LogP contribution in [0.4, 0.5) is 0 Å². The molecule has 0 radical (unpaired) electrons. The van der Waals surface area contributed by atoms with Crippen LogP contribution in [0, 0.1) is 0 Å². The number of aryl methyl sites for hydroxylation is 2. The van der Waals surface area contributed by atoms with Crippen molar-refractivity contribution in [2.75, 3.05) is 32.8 Å². The molecule has 3 heterocycles. The number of nitrogens with zero attached hydrogens (tertiary/aromatic N) is 4. The van der Waals surface area contributed by atoms with E-state index in [-0.39, 0.29) is 11.7 Å². The standard InChI is InChI=1S/C27H32N4O3/c32-23-10-8-22(9-11-23)19-29-14-12-25-24(20-29)26(27(33)30-15-17-34-18-16-30)28-31(25)13-4-7-21-5-2-1-3-6-21/h1-3,5-6,8-11,32H,4,7,12-20H2. The first-order chi connectivity index (χ1) is 16.7. The molecule has 178 valence electrons. The molecule has 2 aliphatic heterocycles. The van der Waals surface area contributed by atoms with Gasteiger partial charge in [0.15, 0.2) is 5.69 Å². The molecule has 0 bridgehead atoms. The first kappa shape index (κ1) is 22.6. The molecular weight excluding hydrogens is 428 g/mol. The lowest BCUT2D eigenvalue weighted by molar-refractivity contribution is 0.0297. The predicted molar refractivity (Wildman–Crippen MR) is 130 cm³/mol. The Balaban J connectivity index is 1.35. The Hall–Kier alpha value is -3.16. The molecule has 2 aliphatic rings. The van der Waals surface area contributed by atoms with Gasteiger partial charge in [-0.2, -0.15) is 5.10 Å². The average Bonchev–Trinajstić information content (AvgIpc) is 3.24. The van der Waals surface area contributed by atoms with Crippen molar-refractivity contribution in [3.8, 4) is 5.75 Å². The molecule has 7 nitrogen and oxygen atoms in total. The molecule has 0 aliphatic carbocycles. The van der Waals surface area contributed by atoms with E-state index in [9.17, 15) is 9.90 Å². The zero-order valence-electron chi connectivity index (χ0n) is 19.5. The summed E-state index contributed by atoms with van der Waals surface area (Å²) in [6.07, 6.45) is 2.86. The van der Waals surface area contributed by atoms with Crippen LogP contribution in [0.5, 0.6) is 5.75 Å². The lowest BCUT2D eigenvalue weighted by atomic mass is 10.0. The Morgan fingerprint density at radius 3 is 2.50 bits per heavy atom. The number of fused-ring (bicyclic) bond motifs is 1. The first-order valence-electron chi connectivity index (χ1n) is 12.2. The van der Waals surface area contributed by atoms with Crippen molar-refractivity contribution in [1.82, 2.24) is 19.6 Å². The number of morpholine rings is 1. The second-order valence-electron chi connectivity index (χ2n) is 9.12. The number of ether oxygens (including phenoxy) is 1. The summed E-state index contributed by atoms with van der Waals surface area (Å²) in [6, 6.07) is 17.9. The van der Waals surface area contributed by atoms with Gasteiger partial charge in [-0.15, -0.1) is 0 Å². The Morgan fingerprint density at radius 2 is 1.74 bits per heavy atom.